The Kier molecular flexibility index (Phi) is 3.18. The summed E-state index contributed by atoms with van der Waals surface area (Å²) >= 11 is 0. The zero-order valence-corrected chi connectivity index (χ0v) is 11.3. The molecule has 6 nitrogen and oxygen atoms in total. The molecule has 0 aromatic carbocycles. The largest absolute Gasteiger partial charge is 0.382 e. The maximum absolute atomic E-state index is 11.5. The van der Waals surface area contributed by atoms with Crippen LogP contribution in [0.2, 0.25) is 0 Å². The standard InChI is InChI=1S/C13H20N4O2/c1-9(18)16-5-2-12-11(8-16)13(14)15-17(12)10-3-6-19-7-4-10/h10H,2-8H2,1H3,(H2,14,15). The number of amides is 1. The van der Waals surface area contributed by atoms with Crippen LogP contribution in [0.1, 0.15) is 37.1 Å². The van der Waals surface area contributed by atoms with Crippen molar-refractivity contribution in [3.63, 3.8) is 0 Å². The van der Waals surface area contributed by atoms with Crippen molar-refractivity contribution in [3.05, 3.63) is 11.3 Å². The number of rotatable bonds is 1. The molecule has 3 rings (SSSR count). The molecule has 0 bridgehead atoms. The van der Waals surface area contributed by atoms with E-state index in [0.29, 0.717) is 18.4 Å². The summed E-state index contributed by atoms with van der Waals surface area (Å²) in [5, 5.41) is 4.51. The van der Waals surface area contributed by atoms with Crippen LogP contribution < -0.4 is 5.73 Å². The number of anilines is 1. The third kappa shape index (κ3) is 2.20. The van der Waals surface area contributed by atoms with Crippen molar-refractivity contribution in [1.29, 1.82) is 0 Å². The van der Waals surface area contributed by atoms with Crippen molar-refractivity contribution in [1.82, 2.24) is 14.7 Å². The van der Waals surface area contributed by atoms with E-state index in [0.717, 1.165) is 44.6 Å². The number of aromatic nitrogens is 2. The lowest BCUT2D eigenvalue weighted by molar-refractivity contribution is -0.129. The molecule has 2 aliphatic rings. The number of fused-ring (bicyclic) bond motifs is 1. The van der Waals surface area contributed by atoms with Gasteiger partial charge >= 0.3 is 0 Å². The smallest absolute Gasteiger partial charge is 0.219 e. The van der Waals surface area contributed by atoms with Crippen molar-refractivity contribution < 1.29 is 9.53 Å². The Morgan fingerprint density at radius 2 is 2.16 bits per heavy atom. The quantitative estimate of drug-likeness (QED) is 0.811. The molecule has 1 amide bonds. The fourth-order valence-corrected chi connectivity index (χ4v) is 2.97. The van der Waals surface area contributed by atoms with Gasteiger partial charge in [-0.3, -0.25) is 9.48 Å². The summed E-state index contributed by atoms with van der Waals surface area (Å²) in [4.78, 5) is 13.3. The van der Waals surface area contributed by atoms with Crippen LogP contribution in [0.3, 0.4) is 0 Å². The van der Waals surface area contributed by atoms with E-state index < -0.39 is 0 Å². The van der Waals surface area contributed by atoms with Gasteiger partial charge in [-0.15, -0.1) is 0 Å². The Morgan fingerprint density at radius 1 is 1.42 bits per heavy atom. The molecule has 0 radical (unpaired) electrons. The lowest BCUT2D eigenvalue weighted by Crippen LogP contribution is -2.35. The number of carbonyl (C=O) groups excluding carboxylic acids is 1. The Morgan fingerprint density at radius 3 is 2.84 bits per heavy atom. The van der Waals surface area contributed by atoms with Gasteiger partial charge in [0.15, 0.2) is 5.82 Å². The number of nitrogens with zero attached hydrogens (tertiary/aromatic N) is 3. The lowest BCUT2D eigenvalue weighted by atomic mass is 10.0. The third-order valence-corrected chi connectivity index (χ3v) is 4.10. The minimum atomic E-state index is 0.101. The number of ether oxygens (including phenoxy) is 1. The molecule has 0 spiro atoms. The molecule has 19 heavy (non-hydrogen) atoms. The molecule has 1 fully saturated rings. The van der Waals surface area contributed by atoms with E-state index in [-0.39, 0.29) is 5.91 Å². The highest BCUT2D eigenvalue weighted by atomic mass is 16.5. The van der Waals surface area contributed by atoms with Crippen LogP contribution in [-0.2, 0) is 22.5 Å². The van der Waals surface area contributed by atoms with Gasteiger partial charge in [-0.1, -0.05) is 0 Å². The molecule has 104 valence electrons. The Bertz CT molecular complexity index is 491. The van der Waals surface area contributed by atoms with Crippen molar-refractivity contribution >= 4 is 11.7 Å². The number of nitrogen functional groups attached to an aromatic ring is 1. The van der Waals surface area contributed by atoms with Gasteiger partial charge in [0.1, 0.15) is 0 Å². The topological polar surface area (TPSA) is 73.4 Å². The van der Waals surface area contributed by atoms with Crippen molar-refractivity contribution in [2.24, 2.45) is 0 Å². The maximum Gasteiger partial charge on any atom is 0.219 e. The summed E-state index contributed by atoms with van der Waals surface area (Å²) in [6, 6.07) is 0.392. The van der Waals surface area contributed by atoms with E-state index >= 15 is 0 Å². The highest BCUT2D eigenvalue weighted by molar-refractivity contribution is 5.73. The van der Waals surface area contributed by atoms with E-state index in [1.165, 1.54) is 5.69 Å². The van der Waals surface area contributed by atoms with Gasteiger partial charge < -0.3 is 15.4 Å². The molecule has 0 saturated carbocycles. The number of hydrogen-bond donors (Lipinski definition) is 1. The summed E-state index contributed by atoms with van der Waals surface area (Å²) in [6.07, 6.45) is 2.82. The summed E-state index contributed by atoms with van der Waals surface area (Å²) in [5.41, 5.74) is 8.28. The van der Waals surface area contributed by atoms with Crippen LogP contribution in [0.4, 0.5) is 5.82 Å². The first-order valence-corrected chi connectivity index (χ1v) is 6.86. The van der Waals surface area contributed by atoms with Crippen LogP contribution in [0, 0.1) is 0 Å². The molecule has 0 aliphatic carbocycles. The van der Waals surface area contributed by atoms with Gasteiger partial charge in [-0.05, 0) is 12.8 Å². The van der Waals surface area contributed by atoms with Crippen LogP contribution in [0.5, 0.6) is 0 Å². The summed E-state index contributed by atoms with van der Waals surface area (Å²) in [5.74, 6) is 0.677. The van der Waals surface area contributed by atoms with Crippen LogP contribution in [0.15, 0.2) is 0 Å². The number of nitrogens with two attached hydrogens (primary N) is 1. The average Bonchev–Trinajstić information content (AvgIpc) is 2.77. The first-order valence-electron chi connectivity index (χ1n) is 6.86. The molecule has 0 unspecified atom stereocenters. The number of carbonyl (C=O) groups is 1. The van der Waals surface area contributed by atoms with Crippen LogP contribution in [0.25, 0.3) is 0 Å². The number of hydrogen-bond acceptors (Lipinski definition) is 4. The Labute approximate surface area is 112 Å². The van der Waals surface area contributed by atoms with Gasteiger partial charge in [0, 0.05) is 44.4 Å². The summed E-state index contributed by atoms with van der Waals surface area (Å²) < 4.78 is 7.48. The SMILES string of the molecule is CC(=O)N1CCc2c(c(N)nn2C2CCOCC2)C1. The monoisotopic (exact) mass is 264 g/mol. The zero-order valence-electron chi connectivity index (χ0n) is 11.3. The second-order valence-electron chi connectivity index (χ2n) is 5.29. The molecule has 2 N–H and O–H groups in total. The van der Waals surface area contributed by atoms with E-state index in [9.17, 15) is 4.79 Å². The molecule has 1 saturated heterocycles. The summed E-state index contributed by atoms with van der Waals surface area (Å²) in [6.45, 7) is 4.54. The predicted octanol–water partition coefficient (Wildman–Crippen LogP) is 0.721. The first-order chi connectivity index (χ1) is 9.16. The average molecular weight is 264 g/mol. The van der Waals surface area contributed by atoms with E-state index in [1.54, 1.807) is 6.92 Å². The molecule has 2 aliphatic heterocycles. The van der Waals surface area contributed by atoms with Crippen molar-refractivity contribution in [2.45, 2.75) is 38.8 Å². The van der Waals surface area contributed by atoms with Crippen LogP contribution in [-0.4, -0.2) is 40.3 Å². The fraction of sp³-hybridized carbons (Fsp3) is 0.692. The zero-order chi connectivity index (χ0) is 13.4. The lowest BCUT2D eigenvalue weighted by Gasteiger charge is -2.29. The molecule has 0 atom stereocenters. The van der Waals surface area contributed by atoms with Gasteiger partial charge in [-0.25, -0.2) is 0 Å². The fourth-order valence-electron chi connectivity index (χ4n) is 2.97. The predicted molar refractivity (Wildman–Crippen MR) is 70.5 cm³/mol. The molecule has 1 aromatic rings. The molecule has 3 heterocycles. The molecular formula is C13H20N4O2. The van der Waals surface area contributed by atoms with Crippen molar-refractivity contribution in [3.8, 4) is 0 Å². The van der Waals surface area contributed by atoms with E-state index in [1.807, 2.05) is 4.90 Å². The second kappa shape index (κ2) is 4.85. The Balaban J connectivity index is 1.89. The minimum absolute atomic E-state index is 0.101. The molecule has 6 heteroatoms. The molecular weight excluding hydrogens is 244 g/mol. The van der Waals surface area contributed by atoms with Crippen LogP contribution >= 0.6 is 0 Å². The highest BCUT2D eigenvalue weighted by Gasteiger charge is 2.28. The van der Waals surface area contributed by atoms with E-state index in [2.05, 4.69) is 9.78 Å². The van der Waals surface area contributed by atoms with Gasteiger partial charge in [0.05, 0.1) is 12.6 Å². The molecule has 1 aromatic heterocycles. The highest BCUT2D eigenvalue weighted by Crippen LogP contribution is 2.30. The van der Waals surface area contributed by atoms with E-state index in [4.69, 9.17) is 10.5 Å². The van der Waals surface area contributed by atoms with Gasteiger partial charge in [0.25, 0.3) is 0 Å². The maximum atomic E-state index is 11.5. The third-order valence-electron chi connectivity index (χ3n) is 4.10. The van der Waals surface area contributed by atoms with Crippen molar-refractivity contribution in [2.75, 3.05) is 25.5 Å². The normalized spacial score (nSPS) is 20.4. The Hall–Kier alpha value is -1.56. The first kappa shape index (κ1) is 12.5. The van der Waals surface area contributed by atoms with Gasteiger partial charge in [0.2, 0.25) is 5.91 Å². The van der Waals surface area contributed by atoms with Gasteiger partial charge in [-0.2, -0.15) is 5.10 Å². The minimum Gasteiger partial charge on any atom is -0.382 e. The second-order valence-corrected chi connectivity index (χ2v) is 5.29. The summed E-state index contributed by atoms with van der Waals surface area (Å²) in [7, 11) is 0.